The predicted octanol–water partition coefficient (Wildman–Crippen LogP) is -0.313. The van der Waals surface area contributed by atoms with E-state index in [9.17, 15) is 19.5 Å². The van der Waals surface area contributed by atoms with Crippen LogP contribution in [0.3, 0.4) is 0 Å². The summed E-state index contributed by atoms with van der Waals surface area (Å²) in [6.45, 7) is 4.40. The van der Waals surface area contributed by atoms with Gasteiger partial charge in [-0.1, -0.05) is 6.92 Å². The normalized spacial score (nSPS) is 33.2. The van der Waals surface area contributed by atoms with Crippen LogP contribution in [-0.2, 0) is 14.4 Å². The molecular weight excluding hydrogens is 382 g/mol. The lowest BCUT2D eigenvalue weighted by Crippen LogP contribution is -2.63. The number of carbonyl (C=O) groups is 3. The molecule has 0 aromatic carbocycles. The van der Waals surface area contributed by atoms with Gasteiger partial charge in [0.15, 0.2) is 0 Å². The van der Waals surface area contributed by atoms with E-state index in [1.165, 1.54) is 23.0 Å². The summed E-state index contributed by atoms with van der Waals surface area (Å²) < 4.78 is 0. The average molecular weight is 410 g/mol. The van der Waals surface area contributed by atoms with Gasteiger partial charge in [0.2, 0.25) is 11.8 Å². The lowest BCUT2D eigenvalue weighted by atomic mass is 9.78. The summed E-state index contributed by atoms with van der Waals surface area (Å²) in [5, 5.41) is 13.1. The van der Waals surface area contributed by atoms with E-state index >= 15 is 0 Å². The Morgan fingerprint density at radius 3 is 2.71 bits per heavy atom. The van der Waals surface area contributed by atoms with Crippen molar-refractivity contribution in [3.8, 4) is 0 Å². The number of β-lactam (4-membered cyclic amide) rings is 1. The molecule has 3 aliphatic heterocycles. The molecule has 3 rings (SSSR count). The Bertz CT molecular complexity index is 752. The number of nitrogens with two attached hydrogens (primary N) is 1. The highest BCUT2D eigenvalue weighted by atomic mass is 32.2. The second-order valence-corrected chi connectivity index (χ2v) is 9.08. The van der Waals surface area contributed by atoms with Gasteiger partial charge in [-0.15, -0.1) is 11.8 Å². The van der Waals surface area contributed by atoms with Crippen molar-refractivity contribution in [2.45, 2.75) is 43.6 Å². The van der Waals surface area contributed by atoms with Gasteiger partial charge in [0, 0.05) is 36.7 Å². The van der Waals surface area contributed by atoms with E-state index < -0.39 is 5.97 Å². The monoisotopic (exact) mass is 409 g/mol. The molecule has 0 aromatic heterocycles. The van der Waals surface area contributed by atoms with Crippen molar-refractivity contribution in [3.63, 3.8) is 0 Å². The van der Waals surface area contributed by atoms with Crippen LogP contribution in [-0.4, -0.2) is 83.0 Å². The van der Waals surface area contributed by atoms with Crippen molar-refractivity contribution in [2.75, 3.05) is 20.6 Å². The van der Waals surface area contributed by atoms with E-state index in [2.05, 4.69) is 10.3 Å². The number of aliphatic carboxylic acids is 1. The van der Waals surface area contributed by atoms with Gasteiger partial charge in [0.05, 0.1) is 30.4 Å². The van der Waals surface area contributed by atoms with Gasteiger partial charge in [0.25, 0.3) is 0 Å². The zero-order valence-electron chi connectivity index (χ0n) is 16.5. The number of aliphatic imine (C=N–C) groups is 1. The number of carbonyl (C=O) groups excluding carboxylic acids is 2. The molecule has 154 valence electrons. The molecule has 10 heteroatoms. The van der Waals surface area contributed by atoms with Crippen LogP contribution in [0.5, 0.6) is 0 Å². The number of fused-ring (bicyclic) bond motifs is 1. The average Bonchev–Trinajstić information content (AvgIpc) is 3.17. The first-order valence-corrected chi connectivity index (χ1v) is 10.2. The molecule has 3 aliphatic rings. The maximum atomic E-state index is 12.7. The molecule has 0 aliphatic carbocycles. The van der Waals surface area contributed by atoms with Gasteiger partial charge in [-0.25, -0.2) is 4.79 Å². The first kappa shape index (κ1) is 20.7. The van der Waals surface area contributed by atoms with Crippen molar-refractivity contribution in [3.05, 3.63) is 10.6 Å². The summed E-state index contributed by atoms with van der Waals surface area (Å²) in [6.07, 6.45) is 1.81. The molecular formula is C18H27N5O4S. The molecule has 4 N–H and O–H groups in total. The zero-order chi connectivity index (χ0) is 20.7. The molecule has 6 atom stereocenters. The van der Waals surface area contributed by atoms with Crippen molar-refractivity contribution < 1.29 is 19.5 Å². The third-order valence-electron chi connectivity index (χ3n) is 5.76. The summed E-state index contributed by atoms with van der Waals surface area (Å²) in [5.41, 5.74) is 5.45. The van der Waals surface area contributed by atoms with E-state index in [0.717, 1.165) is 0 Å². The Hall–Kier alpha value is -2.07. The van der Waals surface area contributed by atoms with E-state index in [-0.39, 0.29) is 52.7 Å². The SMILES string of the molecule is C[C@@H](N=CN)[C@H]1C(=O)N2C(C(=O)O)=C(S[C@@H]3CN[C@H](C(=O)N(C)C)C3)[C@H](C)[C@H]12. The van der Waals surface area contributed by atoms with Gasteiger partial charge >= 0.3 is 5.97 Å². The van der Waals surface area contributed by atoms with E-state index in [1.807, 2.05) is 13.8 Å². The number of carboxylic acid groups (broad SMARTS) is 1. The minimum absolute atomic E-state index is 0.0162. The Kier molecular flexibility index (Phi) is 5.72. The molecule has 28 heavy (non-hydrogen) atoms. The summed E-state index contributed by atoms with van der Waals surface area (Å²) in [6, 6.07) is -0.771. The highest BCUT2D eigenvalue weighted by molar-refractivity contribution is 8.03. The van der Waals surface area contributed by atoms with Crippen LogP contribution in [0, 0.1) is 11.8 Å². The Morgan fingerprint density at radius 2 is 2.14 bits per heavy atom. The van der Waals surface area contributed by atoms with Crippen LogP contribution in [0.2, 0.25) is 0 Å². The van der Waals surface area contributed by atoms with Gasteiger partial charge in [-0.2, -0.15) is 0 Å². The summed E-state index contributed by atoms with van der Waals surface area (Å²) in [7, 11) is 3.44. The summed E-state index contributed by atoms with van der Waals surface area (Å²) >= 11 is 1.48. The molecule has 0 unspecified atom stereocenters. The molecule has 0 radical (unpaired) electrons. The second-order valence-electron chi connectivity index (χ2n) is 7.74. The lowest BCUT2D eigenvalue weighted by molar-refractivity contribution is -0.157. The predicted molar refractivity (Wildman–Crippen MR) is 107 cm³/mol. The third kappa shape index (κ3) is 3.28. The Morgan fingerprint density at radius 1 is 1.46 bits per heavy atom. The van der Waals surface area contributed by atoms with Crippen LogP contribution in [0.1, 0.15) is 20.3 Å². The van der Waals surface area contributed by atoms with Crippen molar-refractivity contribution in [1.82, 2.24) is 15.1 Å². The molecule has 0 saturated carbocycles. The lowest BCUT2D eigenvalue weighted by Gasteiger charge is -2.46. The fourth-order valence-corrected chi connectivity index (χ4v) is 5.86. The number of hydrogen-bond acceptors (Lipinski definition) is 6. The van der Waals surface area contributed by atoms with Crippen molar-refractivity contribution in [2.24, 2.45) is 22.6 Å². The smallest absolute Gasteiger partial charge is 0.353 e. The Balaban J connectivity index is 1.79. The van der Waals surface area contributed by atoms with E-state index in [4.69, 9.17) is 5.73 Å². The van der Waals surface area contributed by atoms with Gasteiger partial charge in [-0.05, 0) is 13.3 Å². The molecule has 3 heterocycles. The molecule has 0 bridgehead atoms. The van der Waals surface area contributed by atoms with Crippen LogP contribution in [0.15, 0.2) is 15.6 Å². The Labute approximate surface area is 168 Å². The molecule has 0 spiro atoms. The number of hydrogen-bond donors (Lipinski definition) is 3. The number of thioether (sulfide) groups is 1. The van der Waals surface area contributed by atoms with Gasteiger partial charge in [-0.3, -0.25) is 14.6 Å². The minimum Gasteiger partial charge on any atom is -0.477 e. The number of rotatable bonds is 6. The van der Waals surface area contributed by atoms with E-state index in [0.29, 0.717) is 17.9 Å². The van der Waals surface area contributed by atoms with Crippen LogP contribution >= 0.6 is 11.8 Å². The van der Waals surface area contributed by atoms with Crippen LogP contribution in [0.4, 0.5) is 0 Å². The minimum atomic E-state index is -1.09. The number of likely N-dealkylation sites (N-methyl/N-ethyl adjacent to an activating group) is 1. The fourth-order valence-electron chi connectivity index (χ4n) is 4.38. The summed E-state index contributed by atoms with van der Waals surface area (Å²) in [5.74, 6) is -1.76. The number of nitrogens with zero attached hydrogens (tertiary/aromatic N) is 3. The first-order valence-electron chi connectivity index (χ1n) is 9.34. The quantitative estimate of drug-likeness (QED) is 0.312. The second kappa shape index (κ2) is 7.75. The highest BCUT2D eigenvalue weighted by Crippen LogP contribution is 2.52. The van der Waals surface area contributed by atoms with Gasteiger partial charge in [0.1, 0.15) is 5.70 Å². The van der Waals surface area contributed by atoms with Gasteiger partial charge < -0.3 is 26.0 Å². The van der Waals surface area contributed by atoms with Crippen molar-refractivity contribution >= 4 is 35.9 Å². The number of carboxylic acids is 1. The topological polar surface area (TPSA) is 128 Å². The van der Waals surface area contributed by atoms with Crippen LogP contribution in [0.25, 0.3) is 0 Å². The molecule has 2 saturated heterocycles. The molecule has 2 fully saturated rings. The first-order chi connectivity index (χ1) is 13.2. The molecule has 0 aromatic rings. The van der Waals surface area contributed by atoms with Crippen molar-refractivity contribution in [1.29, 1.82) is 0 Å². The standard InChI is InChI=1S/C18H27N5O4S/c1-8-13-12(9(2)21-7-19)17(25)23(13)14(18(26)27)15(8)28-10-5-11(20-6-10)16(24)22(3)4/h7-13,20H,5-6H2,1-4H3,(H2,19,21)(H,26,27)/t8-,9-,10+,11+,12-,13-/m1/s1. The van der Waals surface area contributed by atoms with Crippen LogP contribution < -0.4 is 11.1 Å². The number of amides is 2. The maximum absolute atomic E-state index is 12.7. The number of nitrogens with one attached hydrogen (secondary N) is 1. The largest absolute Gasteiger partial charge is 0.477 e. The molecule has 2 amide bonds. The highest BCUT2D eigenvalue weighted by Gasteiger charge is 2.60. The van der Waals surface area contributed by atoms with E-state index in [1.54, 1.807) is 19.0 Å². The fraction of sp³-hybridized carbons (Fsp3) is 0.667. The third-order valence-corrected chi connectivity index (χ3v) is 7.27. The zero-order valence-corrected chi connectivity index (χ0v) is 17.3. The summed E-state index contributed by atoms with van der Waals surface area (Å²) in [4.78, 5) is 44.6. The molecule has 9 nitrogen and oxygen atoms in total. The maximum Gasteiger partial charge on any atom is 0.353 e.